The molecule has 0 saturated carbocycles. The molecule has 112 valence electrons. The molecule has 0 spiro atoms. The van der Waals surface area contributed by atoms with E-state index < -0.39 is 50.8 Å². The molecule has 0 bridgehead atoms. The van der Waals surface area contributed by atoms with Crippen LogP contribution < -0.4 is 0 Å². The zero-order valence-electron chi connectivity index (χ0n) is 9.89. The second kappa shape index (κ2) is 5.81. The van der Waals surface area contributed by atoms with E-state index in [4.69, 9.17) is 10.2 Å². The summed E-state index contributed by atoms with van der Waals surface area (Å²) in [5, 5.41) is 17.7. The third-order valence-corrected chi connectivity index (χ3v) is 2.95. The molecule has 0 aliphatic heterocycles. The van der Waals surface area contributed by atoms with E-state index in [-0.39, 0.29) is 0 Å². The molecule has 0 saturated heterocycles. The molecule has 0 aromatic carbocycles. The van der Waals surface area contributed by atoms with Crippen molar-refractivity contribution in [2.24, 2.45) is 5.41 Å². The maximum atomic E-state index is 11.0. The van der Waals surface area contributed by atoms with E-state index in [1.807, 2.05) is 0 Å². The summed E-state index contributed by atoms with van der Waals surface area (Å²) in [7, 11) is -8.22. The van der Waals surface area contributed by atoms with E-state index >= 15 is 0 Å². The van der Waals surface area contributed by atoms with Crippen LogP contribution in [0.2, 0.25) is 0 Å². The van der Waals surface area contributed by atoms with Gasteiger partial charge in [0.05, 0.1) is 25.7 Å². The third kappa shape index (κ3) is 5.96. The molecule has 2 N–H and O–H groups in total. The Morgan fingerprint density at radius 2 is 1.16 bits per heavy atom. The highest BCUT2D eigenvalue weighted by Gasteiger charge is 2.49. The van der Waals surface area contributed by atoms with Gasteiger partial charge in [-0.15, -0.1) is 0 Å². The highest BCUT2D eigenvalue weighted by atomic mass is 32.2. The fraction of sp³-hybridized carbons (Fsp3) is 0.714. The van der Waals surface area contributed by atoms with Crippen molar-refractivity contribution in [2.45, 2.75) is 0 Å². The number of aliphatic carboxylic acids is 2. The molecule has 10 nitrogen and oxygen atoms in total. The van der Waals surface area contributed by atoms with Crippen LogP contribution in [0, 0.1) is 5.41 Å². The highest BCUT2D eigenvalue weighted by Crippen LogP contribution is 2.21. The molecule has 0 heterocycles. The lowest BCUT2D eigenvalue weighted by molar-refractivity contribution is -0.169. The predicted octanol–water partition coefficient (Wildman–Crippen LogP) is -1.91. The van der Waals surface area contributed by atoms with Crippen LogP contribution in [0.15, 0.2) is 0 Å². The Hall–Kier alpha value is -1.24. The fourth-order valence-electron chi connectivity index (χ4n) is 0.795. The molecular formula is C7H12O10S2. The molecule has 0 amide bonds. The summed E-state index contributed by atoms with van der Waals surface area (Å²) in [6.07, 6.45) is 1.16. The standard InChI is InChI=1S/C7H12O10S2/c1-18(12,13)16-3-7(5(8)9,6(10)11)4-17-19(2,14)15/h3-4H2,1-2H3,(H,8,9)(H,10,11). The van der Waals surface area contributed by atoms with Crippen molar-refractivity contribution < 1.29 is 45.0 Å². The van der Waals surface area contributed by atoms with Gasteiger partial charge in [-0.3, -0.25) is 18.0 Å². The lowest BCUT2D eigenvalue weighted by Gasteiger charge is -2.22. The van der Waals surface area contributed by atoms with Crippen molar-refractivity contribution in [3.63, 3.8) is 0 Å². The van der Waals surface area contributed by atoms with Crippen LogP contribution in [0.3, 0.4) is 0 Å². The van der Waals surface area contributed by atoms with Gasteiger partial charge in [-0.2, -0.15) is 16.8 Å². The molecule has 0 fully saturated rings. The number of carboxylic acids is 2. The highest BCUT2D eigenvalue weighted by molar-refractivity contribution is 7.86. The zero-order valence-corrected chi connectivity index (χ0v) is 11.5. The Kier molecular flexibility index (Phi) is 5.43. The van der Waals surface area contributed by atoms with Crippen molar-refractivity contribution >= 4 is 32.2 Å². The number of hydrogen-bond acceptors (Lipinski definition) is 8. The predicted molar refractivity (Wildman–Crippen MR) is 59.3 cm³/mol. The van der Waals surface area contributed by atoms with Crippen LogP contribution >= 0.6 is 0 Å². The van der Waals surface area contributed by atoms with Gasteiger partial charge < -0.3 is 10.2 Å². The van der Waals surface area contributed by atoms with Gasteiger partial charge in [0.15, 0.2) is 0 Å². The third-order valence-electron chi connectivity index (χ3n) is 1.86. The summed E-state index contributed by atoms with van der Waals surface area (Å²) in [6, 6.07) is 0. The smallest absolute Gasteiger partial charge is 0.326 e. The monoisotopic (exact) mass is 320 g/mol. The minimum atomic E-state index is -4.11. The average Bonchev–Trinajstić information content (AvgIpc) is 2.13. The van der Waals surface area contributed by atoms with Crippen LogP contribution in [0.25, 0.3) is 0 Å². The molecule has 0 aliphatic rings. The van der Waals surface area contributed by atoms with Crippen LogP contribution in [0.1, 0.15) is 0 Å². The Labute approximate surface area is 109 Å². The minimum Gasteiger partial charge on any atom is -0.480 e. The number of carbonyl (C=O) groups is 2. The maximum absolute atomic E-state index is 11.0. The van der Waals surface area contributed by atoms with Gasteiger partial charge in [0.1, 0.15) is 0 Å². The normalized spacial score (nSPS) is 13.2. The van der Waals surface area contributed by atoms with E-state index in [1.165, 1.54) is 0 Å². The topological polar surface area (TPSA) is 161 Å². The van der Waals surface area contributed by atoms with Crippen molar-refractivity contribution in [2.75, 3.05) is 25.7 Å². The Bertz CT molecular complexity index is 505. The largest absolute Gasteiger partial charge is 0.480 e. The average molecular weight is 320 g/mol. The zero-order chi connectivity index (χ0) is 15.5. The summed E-state index contributed by atoms with van der Waals surface area (Å²) < 4.78 is 51.3. The van der Waals surface area contributed by atoms with Crippen molar-refractivity contribution in [1.29, 1.82) is 0 Å². The Morgan fingerprint density at radius 3 is 1.32 bits per heavy atom. The molecule has 0 rings (SSSR count). The van der Waals surface area contributed by atoms with Crippen molar-refractivity contribution in [1.82, 2.24) is 0 Å². The van der Waals surface area contributed by atoms with Gasteiger partial charge in [0, 0.05) is 0 Å². The Morgan fingerprint density at radius 1 is 0.895 bits per heavy atom. The lowest BCUT2D eigenvalue weighted by Crippen LogP contribution is -2.48. The van der Waals surface area contributed by atoms with Gasteiger partial charge in [0.25, 0.3) is 20.2 Å². The lowest BCUT2D eigenvalue weighted by atomic mass is 9.91. The summed E-state index contributed by atoms with van der Waals surface area (Å²) in [4.78, 5) is 21.9. The molecule has 0 aromatic rings. The number of hydrogen-bond donors (Lipinski definition) is 2. The first-order valence-electron chi connectivity index (χ1n) is 4.46. The second-order valence-electron chi connectivity index (χ2n) is 3.63. The number of carboxylic acid groups (broad SMARTS) is 2. The first-order valence-corrected chi connectivity index (χ1v) is 8.09. The van der Waals surface area contributed by atoms with E-state index in [0.29, 0.717) is 12.5 Å². The Balaban J connectivity index is 5.33. The molecule has 0 aromatic heterocycles. The molecule has 0 atom stereocenters. The first-order chi connectivity index (χ1) is 8.30. The van der Waals surface area contributed by atoms with Gasteiger partial charge >= 0.3 is 11.9 Å². The van der Waals surface area contributed by atoms with Crippen LogP contribution in [0.4, 0.5) is 0 Å². The fourth-order valence-corrected chi connectivity index (χ4v) is 1.63. The van der Waals surface area contributed by atoms with Gasteiger partial charge in [-0.25, -0.2) is 0 Å². The maximum Gasteiger partial charge on any atom is 0.326 e. The van der Waals surface area contributed by atoms with Gasteiger partial charge in [-0.1, -0.05) is 0 Å². The van der Waals surface area contributed by atoms with Crippen molar-refractivity contribution in [3.05, 3.63) is 0 Å². The van der Waals surface area contributed by atoms with E-state index in [1.54, 1.807) is 0 Å². The summed E-state index contributed by atoms with van der Waals surface area (Å²) in [5.74, 6) is -3.99. The van der Waals surface area contributed by atoms with E-state index in [9.17, 15) is 26.4 Å². The summed E-state index contributed by atoms with van der Waals surface area (Å²) in [6.45, 7) is -2.60. The molecule has 0 aliphatic carbocycles. The second-order valence-corrected chi connectivity index (χ2v) is 6.91. The van der Waals surface area contributed by atoms with Gasteiger partial charge in [0.2, 0.25) is 5.41 Å². The molecule has 0 unspecified atom stereocenters. The number of rotatable bonds is 8. The van der Waals surface area contributed by atoms with E-state index in [0.717, 1.165) is 0 Å². The molecule has 19 heavy (non-hydrogen) atoms. The first kappa shape index (κ1) is 17.8. The molecule has 12 heteroatoms. The quantitative estimate of drug-likeness (QED) is 0.381. The molecule has 0 radical (unpaired) electrons. The van der Waals surface area contributed by atoms with Crippen LogP contribution in [0.5, 0.6) is 0 Å². The van der Waals surface area contributed by atoms with Crippen LogP contribution in [-0.4, -0.2) is 64.7 Å². The van der Waals surface area contributed by atoms with Crippen molar-refractivity contribution in [3.8, 4) is 0 Å². The summed E-state index contributed by atoms with van der Waals surface area (Å²) >= 11 is 0. The molecular weight excluding hydrogens is 308 g/mol. The van der Waals surface area contributed by atoms with Gasteiger partial charge in [-0.05, 0) is 0 Å². The van der Waals surface area contributed by atoms with Crippen LogP contribution in [-0.2, 0) is 38.2 Å². The minimum absolute atomic E-state index is 0.582. The summed E-state index contributed by atoms with van der Waals surface area (Å²) in [5.41, 5.74) is -2.85. The SMILES string of the molecule is CS(=O)(=O)OCC(COS(C)(=O)=O)(C(=O)O)C(=O)O. The van der Waals surface area contributed by atoms with E-state index in [2.05, 4.69) is 8.37 Å².